The van der Waals surface area contributed by atoms with Crippen molar-refractivity contribution in [1.29, 1.82) is 0 Å². The van der Waals surface area contributed by atoms with Crippen molar-refractivity contribution in [2.45, 2.75) is 26.5 Å². The molecule has 0 amide bonds. The van der Waals surface area contributed by atoms with Gasteiger partial charge in [-0.3, -0.25) is 4.90 Å². The Labute approximate surface area is 95.2 Å². The molecule has 1 heterocycles. The van der Waals surface area contributed by atoms with Gasteiger partial charge >= 0.3 is 0 Å². The molecule has 6 nitrogen and oxygen atoms in total. The summed E-state index contributed by atoms with van der Waals surface area (Å²) in [7, 11) is 1.59. The smallest absolute Gasteiger partial charge is 0.240 e. The van der Waals surface area contributed by atoms with Gasteiger partial charge < -0.3 is 14.4 Å². The summed E-state index contributed by atoms with van der Waals surface area (Å²) in [6.07, 6.45) is 1.03. The lowest BCUT2D eigenvalue weighted by molar-refractivity contribution is 0.170. The summed E-state index contributed by atoms with van der Waals surface area (Å²) >= 11 is 0. The zero-order valence-electron chi connectivity index (χ0n) is 9.85. The van der Waals surface area contributed by atoms with Gasteiger partial charge in [-0.2, -0.15) is 4.98 Å². The topological polar surface area (TPSA) is 71.6 Å². The van der Waals surface area contributed by atoms with E-state index >= 15 is 0 Å². The minimum absolute atomic E-state index is 0.138. The molecule has 0 aliphatic heterocycles. The second-order valence-corrected chi connectivity index (χ2v) is 3.54. The zero-order chi connectivity index (χ0) is 11.8. The highest BCUT2D eigenvalue weighted by Crippen LogP contribution is 2.04. The van der Waals surface area contributed by atoms with Gasteiger partial charge in [-0.15, -0.1) is 0 Å². The standard InChI is InChI=1S/C10H19N3O3/c1-3-4-13(5-6-14)7-10-11-9(8-15-2)12-16-10/h14H,3-8H2,1-2H3. The van der Waals surface area contributed by atoms with E-state index in [1.807, 2.05) is 0 Å². The van der Waals surface area contributed by atoms with Crippen LogP contribution in [-0.4, -0.2) is 47.0 Å². The molecule has 0 atom stereocenters. The van der Waals surface area contributed by atoms with Gasteiger partial charge in [0.2, 0.25) is 5.89 Å². The average molecular weight is 229 g/mol. The highest BCUT2D eigenvalue weighted by Gasteiger charge is 2.10. The summed E-state index contributed by atoms with van der Waals surface area (Å²) in [6.45, 7) is 4.69. The van der Waals surface area contributed by atoms with Crippen LogP contribution in [0.3, 0.4) is 0 Å². The Bertz CT molecular complexity index is 285. The first kappa shape index (κ1) is 13.1. The van der Waals surface area contributed by atoms with Gasteiger partial charge in [0.25, 0.3) is 0 Å². The first-order valence-electron chi connectivity index (χ1n) is 5.43. The molecule has 0 saturated carbocycles. The maximum atomic E-state index is 8.90. The molecule has 0 aliphatic carbocycles. The summed E-state index contributed by atoms with van der Waals surface area (Å²) in [5, 5.41) is 12.7. The summed E-state index contributed by atoms with van der Waals surface area (Å²) in [5.74, 6) is 1.12. The van der Waals surface area contributed by atoms with Crippen LogP contribution in [0.4, 0.5) is 0 Å². The number of hydrogen-bond donors (Lipinski definition) is 1. The second-order valence-electron chi connectivity index (χ2n) is 3.54. The van der Waals surface area contributed by atoms with Crippen molar-refractivity contribution in [3.8, 4) is 0 Å². The minimum atomic E-state index is 0.138. The fourth-order valence-corrected chi connectivity index (χ4v) is 1.46. The van der Waals surface area contributed by atoms with Gasteiger partial charge in [0.15, 0.2) is 5.82 Å². The highest BCUT2D eigenvalue weighted by molar-refractivity contribution is 4.84. The maximum Gasteiger partial charge on any atom is 0.240 e. The van der Waals surface area contributed by atoms with Crippen LogP contribution in [0, 0.1) is 0 Å². The van der Waals surface area contributed by atoms with Gasteiger partial charge in [-0.05, 0) is 13.0 Å². The van der Waals surface area contributed by atoms with E-state index in [4.69, 9.17) is 14.4 Å². The molecule has 1 N–H and O–H groups in total. The Balaban J connectivity index is 2.48. The Morgan fingerprint density at radius 2 is 2.25 bits per heavy atom. The van der Waals surface area contributed by atoms with E-state index in [1.54, 1.807) is 7.11 Å². The summed E-state index contributed by atoms with van der Waals surface area (Å²) in [4.78, 5) is 6.25. The van der Waals surface area contributed by atoms with E-state index in [0.29, 0.717) is 31.4 Å². The predicted molar refractivity (Wildman–Crippen MR) is 57.7 cm³/mol. The molecule has 6 heteroatoms. The molecule has 16 heavy (non-hydrogen) atoms. The van der Waals surface area contributed by atoms with Crippen LogP contribution in [-0.2, 0) is 17.9 Å². The van der Waals surface area contributed by atoms with E-state index in [9.17, 15) is 0 Å². The first-order chi connectivity index (χ1) is 7.80. The number of aliphatic hydroxyl groups is 1. The van der Waals surface area contributed by atoms with E-state index in [2.05, 4.69) is 22.0 Å². The molecule has 0 fully saturated rings. The second kappa shape index (κ2) is 7.32. The van der Waals surface area contributed by atoms with Crippen LogP contribution in [0.15, 0.2) is 4.52 Å². The van der Waals surface area contributed by atoms with Gasteiger partial charge in [0.1, 0.15) is 6.61 Å². The lowest BCUT2D eigenvalue weighted by Gasteiger charge is -2.17. The third kappa shape index (κ3) is 4.26. The van der Waals surface area contributed by atoms with Crippen molar-refractivity contribution in [3.05, 3.63) is 11.7 Å². The molecule has 1 rings (SSSR count). The zero-order valence-corrected chi connectivity index (χ0v) is 9.85. The van der Waals surface area contributed by atoms with Gasteiger partial charge in [0.05, 0.1) is 13.2 Å². The number of aliphatic hydroxyl groups excluding tert-OH is 1. The summed E-state index contributed by atoms with van der Waals surface area (Å²) < 4.78 is 9.98. The molecule has 1 aromatic rings. The fraction of sp³-hybridized carbons (Fsp3) is 0.800. The molecule has 0 bridgehead atoms. The Hall–Kier alpha value is -0.980. The predicted octanol–water partition coefficient (Wildman–Crippen LogP) is 0.420. The number of ether oxygens (including phenoxy) is 1. The molecule has 0 aromatic carbocycles. The maximum absolute atomic E-state index is 8.90. The summed E-state index contributed by atoms with van der Waals surface area (Å²) in [6, 6.07) is 0. The number of hydrogen-bond acceptors (Lipinski definition) is 6. The van der Waals surface area contributed by atoms with Crippen molar-refractivity contribution in [2.24, 2.45) is 0 Å². The molecular formula is C10H19N3O3. The van der Waals surface area contributed by atoms with Crippen LogP contribution in [0.1, 0.15) is 25.1 Å². The van der Waals surface area contributed by atoms with Crippen molar-refractivity contribution in [2.75, 3.05) is 26.8 Å². The van der Waals surface area contributed by atoms with Gasteiger partial charge in [-0.25, -0.2) is 0 Å². The highest BCUT2D eigenvalue weighted by atomic mass is 16.5. The third-order valence-corrected chi connectivity index (χ3v) is 2.10. The van der Waals surface area contributed by atoms with Crippen LogP contribution < -0.4 is 0 Å². The molecule has 92 valence electrons. The minimum Gasteiger partial charge on any atom is -0.395 e. The molecule has 0 saturated heterocycles. The van der Waals surface area contributed by atoms with Crippen molar-refractivity contribution in [1.82, 2.24) is 15.0 Å². The normalized spacial score (nSPS) is 11.2. The Morgan fingerprint density at radius 1 is 1.44 bits per heavy atom. The Kier molecular flexibility index (Phi) is 5.99. The first-order valence-corrected chi connectivity index (χ1v) is 5.43. The molecular weight excluding hydrogens is 210 g/mol. The molecule has 0 spiro atoms. The number of nitrogens with zero attached hydrogens (tertiary/aromatic N) is 3. The third-order valence-electron chi connectivity index (χ3n) is 2.10. The van der Waals surface area contributed by atoms with Crippen molar-refractivity contribution in [3.63, 3.8) is 0 Å². The van der Waals surface area contributed by atoms with E-state index in [1.165, 1.54) is 0 Å². The summed E-state index contributed by atoms with van der Waals surface area (Å²) in [5.41, 5.74) is 0. The van der Waals surface area contributed by atoms with Gasteiger partial charge in [0, 0.05) is 13.7 Å². The SMILES string of the molecule is CCCN(CCO)Cc1nc(COC)no1. The van der Waals surface area contributed by atoms with E-state index in [-0.39, 0.29) is 6.61 Å². The quantitative estimate of drug-likeness (QED) is 0.696. The van der Waals surface area contributed by atoms with Crippen molar-refractivity contribution >= 4 is 0 Å². The van der Waals surface area contributed by atoms with Gasteiger partial charge in [-0.1, -0.05) is 12.1 Å². The molecule has 0 unspecified atom stereocenters. The monoisotopic (exact) mass is 229 g/mol. The molecule has 0 radical (unpaired) electrons. The number of aromatic nitrogens is 2. The Morgan fingerprint density at radius 3 is 2.88 bits per heavy atom. The lowest BCUT2D eigenvalue weighted by atomic mass is 10.4. The lowest BCUT2D eigenvalue weighted by Crippen LogP contribution is -2.27. The van der Waals surface area contributed by atoms with Crippen molar-refractivity contribution < 1.29 is 14.4 Å². The van der Waals surface area contributed by atoms with Crippen LogP contribution in [0.5, 0.6) is 0 Å². The fourth-order valence-electron chi connectivity index (χ4n) is 1.46. The van der Waals surface area contributed by atoms with Crippen LogP contribution >= 0.6 is 0 Å². The van der Waals surface area contributed by atoms with Crippen LogP contribution in [0.2, 0.25) is 0 Å². The number of rotatable bonds is 8. The van der Waals surface area contributed by atoms with E-state index in [0.717, 1.165) is 13.0 Å². The largest absolute Gasteiger partial charge is 0.395 e. The molecule has 0 aliphatic rings. The average Bonchev–Trinajstić information content (AvgIpc) is 2.67. The van der Waals surface area contributed by atoms with E-state index < -0.39 is 0 Å². The number of methoxy groups -OCH3 is 1. The van der Waals surface area contributed by atoms with Crippen LogP contribution in [0.25, 0.3) is 0 Å². The molecule has 1 aromatic heterocycles.